The van der Waals surface area contributed by atoms with Crippen molar-refractivity contribution in [2.24, 2.45) is 5.41 Å². The molecule has 1 N–H and O–H groups in total. The van der Waals surface area contributed by atoms with Crippen LogP contribution in [0, 0.1) is 5.41 Å². The maximum Gasteiger partial charge on any atom is 0.227 e. The van der Waals surface area contributed by atoms with Gasteiger partial charge in [0.2, 0.25) is 5.91 Å². The molecule has 2 heterocycles. The number of carbonyl (C=O) groups is 1. The molecule has 2 rings (SSSR count). The van der Waals surface area contributed by atoms with Crippen molar-refractivity contribution in [1.82, 2.24) is 15.3 Å². The van der Waals surface area contributed by atoms with Crippen LogP contribution in [0.25, 0.3) is 0 Å². The lowest BCUT2D eigenvalue weighted by molar-refractivity contribution is -0.128. The zero-order valence-electron chi connectivity index (χ0n) is 9.90. The van der Waals surface area contributed by atoms with E-state index in [4.69, 9.17) is 11.6 Å². The predicted octanol–water partition coefficient (Wildman–Crippen LogP) is 1.09. The quantitative estimate of drug-likeness (QED) is 0.803. The molecule has 1 saturated heterocycles. The first kappa shape index (κ1) is 12.1. The monoisotopic (exact) mass is 254 g/mol. The van der Waals surface area contributed by atoms with Gasteiger partial charge in [0.25, 0.3) is 0 Å². The molecule has 5 nitrogen and oxygen atoms in total. The largest absolute Gasteiger partial charge is 0.359 e. The fourth-order valence-electron chi connectivity index (χ4n) is 2.14. The number of amides is 1. The van der Waals surface area contributed by atoms with Crippen LogP contribution in [0.5, 0.6) is 0 Å². The lowest BCUT2D eigenvalue weighted by Crippen LogP contribution is -2.39. The zero-order valence-corrected chi connectivity index (χ0v) is 10.7. The maximum absolute atomic E-state index is 11.8. The third kappa shape index (κ3) is 2.34. The first-order valence-electron chi connectivity index (χ1n) is 5.50. The molecule has 1 unspecified atom stereocenters. The van der Waals surface area contributed by atoms with Crippen molar-refractivity contribution < 1.29 is 4.79 Å². The van der Waals surface area contributed by atoms with Crippen LogP contribution in [0.3, 0.4) is 0 Å². The second-order valence-electron chi connectivity index (χ2n) is 4.51. The summed E-state index contributed by atoms with van der Waals surface area (Å²) in [5, 5.41) is 3.13. The molecule has 0 bridgehead atoms. The molecule has 0 spiro atoms. The van der Waals surface area contributed by atoms with Gasteiger partial charge in [-0.2, -0.15) is 0 Å². The Balaban J connectivity index is 2.15. The highest BCUT2D eigenvalue weighted by molar-refractivity contribution is 6.29. The van der Waals surface area contributed by atoms with Crippen molar-refractivity contribution in [2.45, 2.75) is 13.3 Å². The van der Waals surface area contributed by atoms with Gasteiger partial charge in [-0.05, 0) is 13.3 Å². The molecule has 1 aromatic rings. The van der Waals surface area contributed by atoms with E-state index in [-0.39, 0.29) is 11.3 Å². The lowest BCUT2D eigenvalue weighted by atomic mass is 9.89. The van der Waals surface area contributed by atoms with E-state index in [1.54, 1.807) is 13.1 Å². The normalized spacial score (nSPS) is 23.8. The van der Waals surface area contributed by atoms with Gasteiger partial charge in [-0.1, -0.05) is 11.6 Å². The fraction of sp³-hybridized carbons (Fsp3) is 0.545. The van der Waals surface area contributed by atoms with Gasteiger partial charge in [0.05, 0.1) is 5.41 Å². The Morgan fingerprint density at radius 1 is 1.59 bits per heavy atom. The molecule has 1 aliphatic rings. The van der Waals surface area contributed by atoms with E-state index in [0.29, 0.717) is 11.7 Å². The van der Waals surface area contributed by atoms with Crippen molar-refractivity contribution in [2.75, 3.05) is 25.0 Å². The van der Waals surface area contributed by atoms with Crippen molar-refractivity contribution >= 4 is 23.3 Å². The molecule has 1 atom stereocenters. The number of halogens is 1. The second-order valence-corrected chi connectivity index (χ2v) is 4.90. The summed E-state index contributed by atoms with van der Waals surface area (Å²) in [4.78, 5) is 21.9. The molecule has 92 valence electrons. The van der Waals surface area contributed by atoms with Crippen LogP contribution >= 0.6 is 11.6 Å². The van der Waals surface area contributed by atoms with E-state index in [1.165, 1.54) is 6.33 Å². The SMILES string of the molecule is CNC(=O)C1(C)CCN(c2cc(Cl)ncn2)C1. The van der Waals surface area contributed by atoms with E-state index in [2.05, 4.69) is 20.2 Å². The van der Waals surface area contributed by atoms with Gasteiger partial charge >= 0.3 is 0 Å². The Labute approximate surface area is 105 Å². The van der Waals surface area contributed by atoms with Crippen LogP contribution in [0.1, 0.15) is 13.3 Å². The van der Waals surface area contributed by atoms with Crippen molar-refractivity contribution in [3.63, 3.8) is 0 Å². The predicted molar refractivity (Wildman–Crippen MR) is 66.0 cm³/mol. The van der Waals surface area contributed by atoms with Crippen LogP contribution in [0.4, 0.5) is 5.82 Å². The molecule has 0 radical (unpaired) electrons. The van der Waals surface area contributed by atoms with Gasteiger partial charge < -0.3 is 10.2 Å². The molecule has 1 fully saturated rings. The van der Waals surface area contributed by atoms with Crippen LogP contribution in [0.15, 0.2) is 12.4 Å². The van der Waals surface area contributed by atoms with E-state index in [1.807, 2.05) is 6.92 Å². The van der Waals surface area contributed by atoms with Gasteiger partial charge in [-0.3, -0.25) is 4.79 Å². The summed E-state index contributed by atoms with van der Waals surface area (Å²) in [6.45, 7) is 3.42. The summed E-state index contributed by atoms with van der Waals surface area (Å²) in [5.41, 5.74) is -0.355. The number of aromatic nitrogens is 2. The van der Waals surface area contributed by atoms with Crippen LogP contribution < -0.4 is 10.2 Å². The number of nitrogens with zero attached hydrogens (tertiary/aromatic N) is 3. The first-order chi connectivity index (χ1) is 8.05. The van der Waals surface area contributed by atoms with Gasteiger partial charge in [0, 0.05) is 26.2 Å². The standard InChI is InChI=1S/C11H15ClN4O/c1-11(10(17)13-2)3-4-16(6-11)9-5-8(12)14-7-15-9/h5,7H,3-4,6H2,1-2H3,(H,13,17). The Bertz CT molecular complexity index is 439. The van der Waals surface area contributed by atoms with Crippen molar-refractivity contribution in [3.8, 4) is 0 Å². The molecule has 1 aliphatic heterocycles. The summed E-state index contributed by atoms with van der Waals surface area (Å²) >= 11 is 5.83. The highest BCUT2D eigenvalue weighted by atomic mass is 35.5. The minimum atomic E-state index is -0.355. The maximum atomic E-state index is 11.8. The average molecular weight is 255 g/mol. The van der Waals surface area contributed by atoms with E-state index < -0.39 is 0 Å². The number of rotatable bonds is 2. The Kier molecular flexibility index (Phi) is 3.19. The molecule has 6 heteroatoms. The zero-order chi connectivity index (χ0) is 12.5. The summed E-state index contributed by atoms with van der Waals surface area (Å²) in [6.07, 6.45) is 2.25. The van der Waals surface area contributed by atoms with Gasteiger partial charge in [-0.15, -0.1) is 0 Å². The second kappa shape index (κ2) is 4.49. The number of anilines is 1. The van der Waals surface area contributed by atoms with Crippen molar-refractivity contribution in [1.29, 1.82) is 0 Å². The van der Waals surface area contributed by atoms with Gasteiger partial charge in [0.1, 0.15) is 17.3 Å². The highest BCUT2D eigenvalue weighted by Crippen LogP contribution is 2.32. The molecule has 1 amide bonds. The minimum Gasteiger partial charge on any atom is -0.359 e. The van der Waals surface area contributed by atoms with Gasteiger partial charge in [-0.25, -0.2) is 9.97 Å². The smallest absolute Gasteiger partial charge is 0.227 e. The molecule has 0 aromatic carbocycles. The Morgan fingerprint density at radius 2 is 2.35 bits per heavy atom. The number of hydrogen-bond donors (Lipinski definition) is 1. The van der Waals surface area contributed by atoms with E-state index in [0.717, 1.165) is 18.8 Å². The van der Waals surface area contributed by atoms with Gasteiger partial charge in [0.15, 0.2) is 0 Å². The molecule has 17 heavy (non-hydrogen) atoms. The summed E-state index contributed by atoms with van der Waals surface area (Å²) in [7, 11) is 1.66. The topological polar surface area (TPSA) is 58.1 Å². The molecule has 0 aliphatic carbocycles. The molecular weight excluding hydrogens is 240 g/mol. The highest BCUT2D eigenvalue weighted by Gasteiger charge is 2.40. The first-order valence-corrected chi connectivity index (χ1v) is 5.88. The molecular formula is C11H15ClN4O. The molecule has 1 aromatic heterocycles. The van der Waals surface area contributed by atoms with E-state index >= 15 is 0 Å². The summed E-state index contributed by atoms with van der Waals surface area (Å²) in [5.74, 6) is 0.845. The van der Waals surface area contributed by atoms with Crippen molar-refractivity contribution in [3.05, 3.63) is 17.5 Å². The average Bonchev–Trinajstić information content (AvgIpc) is 2.72. The number of carbonyl (C=O) groups excluding carboxylic acids is 1. The lowest BCUT2D eigenvalue weighted by Gasteiger charge is -2.23. The third-order valence-electron chi connectivity index (χ3n) is 3.19. The number of hydrogen-bond acceptors (Lipinski definition) is 4. The van der Waals surface area contributed by atoms with Crippen LogP contribution in [-0.2, 0) is 4.79 Å². The summed E-state index contributed by atoms with van der Waals surface area (Å²) < 4.78 is 0. The minimum absolute atomic E-state index is 0.0696. The van der Waals surface area contributed by atoms with Crippen LogP contribution in [0.2, 0.25) is 5.15 Å². The van der Waals surface area contributed by atoms with E-state index in [9.17, 15) is 4.79 Å². The van der Waals surface area contributed by atoms with Crippen LogP contribution in [-0.4, -0.2) is 36.0 Å². The Morgan fingerprint density at radius 3 is 3.00 bits per heavy atom. The summed E-state index contributed by atoms with van der Waals surface area (Å²) in [6, 6.07) is 1.72. The fourth-order valence-corrected chi connectivity index (χ4v) is 2.28. The Hall–Kier alpha value is -1.36. The third-order valence-corrected chi connectivity index (χ3v) is 3.40. The molecule has 0 saturated carbocycles. The number of nitrogens with one attached hydrogen (secondary N) is 1.